The number of ether oxygens (including phenoxy) is 1. The summed E-state index contributed by atoms with van der Waals surface area (Å²) in [5, 5.41) is 33.8. The van der Waals surface area contributed by atoms with Crippen LogP contribution in [0.1, 0.15) is 47.0 Å². The van der Waals surface area contributed by atoms with E-state index >= 15 is 0 Å². The van der Waals surface area contributed by atoms with Crippen LogP contribution in [0.15, 0.2) is 0 Å². The van der Waals surface area contributed by atoms with Crippen molar-refractivity contribution < 1.29 is 34.3 Å². The molecule has 0 aromatic carbocycles. The predicted octanol–water partition coefficient (Wildman–Crippen LogP) is -0.202. The Kier molecular flexibility index (Phi) is 6.86. The molecule has 164 valence electrons. The molecule has 2 fully saturated rings. The molecular weight excluding hydrogens is 381 g/mol. The first-order valence-corrected chi connectivity index (χ1v) is 9.95. The number of rotatable bonds is 7. The van der Waals surface area contributed by atoms with E-state index in [1.165, 1.54) is 11.8 Å². The number of alkyl carbamates (subject to hydrolysis) is 1. The largest absolute Gasteiger partial charge is 0.480 e. The minimum absolute atomic E-state index is 0.0107. The van der Waals surface area contributed by atoms with E-state index in [1.807, 2.05) is 0 Å². The Morgan fingerprint density at radius 2 is 1.93 bits per heavy atom. The minimum atomic E-state index is -1.45. The topological polar surface area (TPSA) is 148 Å². The fourth-order valence-electron chi connectivity index (χ4n) is 4.45. The molecule has 10 nitrogen and oxygen atoms in total. The number of nitrogens with zero attached hydrogens (tertiary/aromatic N) is 1. The van der Waals surface area contributed by atoms with E-state index in [9.17, 15) is 19.5 Å². The number of nitrogens with one attached hydrogen (secondary N) is 2. The van der Waals surface area contributed by atoms with Crippen LogP contribution in [-0.4, -0.2) is 82.0 Å². The molecule has 0 saturated carbocycles. The number of carboxylic acid groups (broad SMARTS) is 1. The molecule has 2 aliphatic rings. The van der Waals surface area contributed by atoms with Crippen molar-refractivity contribution >= 4 is 25.1 Å². The van der Waals surface area contributed by atoms with Crippen LogP contribution in [0, 0.1) is 5.41 Å². The van der Waals surface area contributed by atoms with E-state index < -0.39 is 41.8 Å². The van der Waals surface area contributed by atoms with Gasteiger partial charge in [0.25, 0.3) is 0 Å². The zero-order valence-corrected chi connectivity index (χ0v) is 17.5. The monoisotopic (exact) mass is 413 g/mol. The molecule has 29 heavy (non-hydrogen) atoms. The van der Waals surface area contributed by atoms with Crippen molar-refractivity contribution in [2.45, 2.75) is 70.5 Å². The molecule has 0 radical (unpaired) electrons. The second-order valence-corrected chi connectivity index (χ2v) is 9.10. The maximum absolute atomic E-state index is 12.9. The molecule has 0 aliphatic carbocycles. The quantitative estimate of drug-likeness (QED) is 0.361. The average Bonchev–Trinajstić information content (AvgIpc) is 3.05. The second kappa shape index (κ2) is 8.49. The summed E-state index contributed by atoms with van der Waals surface area (Å²) in [6.45, 7) is 7.43. The first-order valence-electron chi connectivity index (χ1n) is 9.95. The van der Waals surface area contributed by atoms with Gasteiger partial charge in [0.1, 0.15) is 17.2 Å². The Bertz CT molecular complexity index is 654. The van der Waals surface area contributed by atoms with Gasteiger partial charge in [-0.2, -0.15) is 0 Å². The summed E-state index contributed by atoms with van der Waals surface area (Å²) in [7, 11) is -1.45. The number of aliphatic carboxylic acids is 1. The van der Waals surface area contributed by atoms with Gasteiger partial charge in [0, 0.05) is 12.0 Å². The highest BCUT2D eigenvalue weighted by molar-refractivity contribution is 6.40. The number of fused-ring (bicyclic) bond motifs is 1. The first kappa shape index (κ1) is 23.4. The molecule has 2 heterocycles. The van der Waals surface area contributed by atoms with Crippen LogP contribution in [0.5, 0.6) is 0 Å². The molecule has 0 aromatic heterocycles. The molecular formula is C18H32BN3O7. The number of hydrogen-bond acceptors (Lipinski definition) is 7. The summed E-state index contributed by atoms with van der Waals surface area (Å²) in [6, 6.07) is -0.870. The van der Waals surface area contributed by atoms with Crippen molar-refractivity contribution in [1.29, 1.82) is 0 Å². The molecule has 0 spiro atoms. The normalized spacial score (nSPS) is 27.3. The maximum atomic E-state index is 12.9. The zero-order valence-electron chi connectivity index (χ0n) is 17.5. The standard InChI is InChI=1S/C18H32BN3O7/c1-12(21-15(26)29-16(2,3)4)13(23)22-10-17(6-5-8-19(27)28)7-9-20-18(17,11-22)14(24)25/h12,20,27-28H,5-11H2,1-4H3,(H,21,26)(H,24,25)/t12?,17-,18-/m1/s1. The van der Waals surface area contributed by atoms with Crippen LogP contribution in [0.25, 0.3) is 0 Å². The van der Waals surface area contributed by atoms with Crippen molar-refractivity contribution in [3.63, 3.8) is 0 Å². The summed E-state index contributed by atoms with van der Waals surface area (Å²) in [5.41, 5.74) is -2.68. The molecule has 3 atom stereocenters. The van der Waals surface area contributed by atoms with Crippen LogP contribution in [0.2, 0.25) is 6.32 Å². The van der Waals surface area contributed by atoms with E-state index in [0.717, 1.165) is 0 Å². The lowest BCUT2D eigenvalue weighted by Crippen LogP contribution is -2.58. The number of likely N-dealkylation sites (tertiary alicyclic amines) is 1. The molecule has 1 unspecified atom stereocenters. The van der Waals surface area contributed by atoms with Gasteiger partial charge in [0.15, 0.2) is 0 Å². The molecule has 2 aliphatic heterocycles. The van der Waals surface area contributed by atoms with Gasteiger partial charge in [-0.25, -0.2) is 4.79 Å². The Labute approximate surface area is 171 Å². The summed E-state index contributed by atoms with van der Waals surface area (Å²) < 4.78 is 5.17. The minimum Gasteiger partial charge on any atom is -0.480 e. The van der Waals surface area contributed by atoms with Gasteiger partial charge in [0.05, 0.1) is 6.54 Å². The lowest BCUT2D eigenvalue weighted by Gasteiger charge is -2.35. The Morgan fingerprint density at radius 3 is 2.48 bits per heavy atom. The second-order valence-electron chi connectivity index (χ2n) is 9.10. The predicted molar refractivity (Wildman–Crippen MR) is 105 cm³/mol. The summed E-state index contributed by atoms with van der Waals surface area (Å²) >= 11 is 0. The van der Waals surface area contributed by atoms with Gasteiger partial charge in [0.2, 0.25) is 5.91 Å². The van der Waals surface area contributed by atoms with E-state index in [0.29, 0.717) is 25.8 Å². The van der Waals surface area contributed by atoms with Crippen molar-refractivity contribution in [3.8, 4) is 0 Å². The van der Waals surface area contributed by atoms with Gasteiger partial charge >= 0.3 is 19.2 Å². The number of carbonyl (C=O) groups excluding carboxylic acids is 2. The molecule has 0 bridgehead atoms. The van der Waals surface area contributed by atoms with Crippen molar-refractivity contribution in [3.05, 3.63) is 0 Å². The Balaban J connectivity index is 2.12. The van der Waals surface area contributed by atoms with Gasteiger partial charge < -0.3 is 30.1 Å². The highest BCUT2D eigenvalue weighted by Gasteiger charge is 2.65. The third-order valence-electron chi connectivity index (χ3n) is 5.76. The Morgan fingerprint density at radius 1 is 1.28 bits per heavy atom. The highest BCUT2D eigenvalue weighted by Crippen LogP contribution is 2.50. The maximum Gasteiger partial charge on any atom is 0.451 e. The van der Waals surface area contributed by atoms with Gasteiger partial charge in [-0.05, 0) is 53.4 Å². The van der Waals surface area contributed by atoms with Crippen LogP contribution >= 0.6 is 0 Å². The van der Waals surface area contributed by atoms with Gasteiger partial charge in [-0.3, -0.25) is 14.9 Å². The van der Waals surface area contributed by atoms with Crippen LogP contribution in [0.4, 0.5) is 4.79 Å². The fourth-order valence-corrected chi connectivity index (χ4v) is 4.45. The lowest BCUT2D eigenvalue weighted by molar-refractivity contribution is -0.147. The third kappa shape index (κ3) is 5.02. The van der Waals surface area contributed by atoms with Crippen molar-refractivity contribution in [2.75, 3.05) is 19.6 Å². The fraction of sp³-hybridized carbons (Fsp3) is 0.833. The molecule has 5 N–H and O–H groups in total. The van der Waals surface area contributed by atoms with E-state index in [2.05, 4.69) is 10.6 Å². The number of carboxylic acids is 1. The molecule has 2 saturated heterocycles. The van der Waals surface area contributed by atoms with Crippen LogP contribution in [-0.2, 0) is 14.3 Å². The Hall–Kier alpha value is -1.85. The SMILES string of the molecule is CC(NC(=O)OC(C)(C)C)C(=O)N1C[C@@]2(CCCB(O)O)CCN[C@@]2(C(=O)O)C1. The molecule has 2 amide bonds. The molecule has 2 rings (SSSR count). The molecule has 11 heteroatoms. The van der Waals surface area contributed by atoms with E-state index in [-0.39, 0.29) is 25.3 Å². The van der Waals surface area contributed by atoms with Crippen LogP contribution < -0.4 is 10.6 Å². The summed E-state index contributed by atoms with van der Waals surface area (Å²) in [5.74, 6) is -1.41. The summed E-state index contributed by atoms with van der Waals surface area (Å²) in [4.78, 5) is 38.5. The van der Waals surface area contributed by atoms with Crippen molar-refractivity contribution in [2.24, 2.45) is 5.41 Å². The average molecular weight is 413 g/mol. The highest BCUT2D eigenvalue weighted by atomic mass is 16.6. The number of amides is 2. The van der Waals surface area contributed by atoms with Crippen LogP contribution in [0.3, 0.4) is 0 Å². The molecule has 0 aromatic rings. The zero-order chi connectivity index (χ0) is 22.0. The van der Waals surface area contributed by atoms with E-state index in [1.54, 1.807) is 20.8 Å². The first-order chi connectivity index (χ1) is 13.3. The third-order valence-corrected chi connectivity index (χ3v) is 5.76. The van der Waals surface area contributed by atoms with Gasteiger partial charge in [-0.15, -0.1) is 0 Å². The number of hydrogen-bond donors (Lipinski definition) is 5. The number of carbonyl (C=O) groups is 3. The smallest absolute Gasteiger partial charge is 0.451 e. The summed E-state index contributed by atoms with van der Waals surface area (Å²) in [6.07, 6.45) is 0.875. The van der Waals surface area contributed by atoms with Crippen molar-refractivity contribution in [1.82, 2.24) is 15.5 Å². The lowest BCUT2D eigenvalue weighted by atomic mass is 9.68. The van der Waals surface area contributed by atoms with Gasteiger partial charge in [-0.1, -0.05) is 6.42 Å². The van der Waals surface area contributed by atoms with E-state index in [4.69, 9.17) is 14.8 Å².